The van der Waals surface area contributed by atoms with Gasteiger partial charge in [-0.05, 0) is 37.8 Å². The third-order valence-corrected chi connectivity index (χ3v) is 3.31. The molecule has 0 aromatic heterocycles. The van der Waals surface area contributed by atoms with Crippen molar-refractivity contribution >= 4 is 17.4 Å². The zero-order valence-corrected chi connectivity index (χ0v) is 12.7. The minimum Gasteiger partial charge on any atom is -0.409 e. The molecule has 0 radical (unpaired) electrons. The largest absolute Gasteiger partial charge is 0.409 e. The number of oxime groups is 1. The topological polar surface area (TPSA) is 87.7 Å². The molecular weight excluding hydrogens is 254 g/mol. The molecule has 0 bridgehead atoms. The van der Waals surface area contributed by atoms with E-state index in [-0.39, 0.29) is 17.7 Å². The first-order valence-corrected chi connectivity index (χ1v) is 6.64. The van der Waals surface area contributed by atoms with Gasteiger partial charge in [0.25, 0.3) is 0 Å². The number of anilines is 1. The number of hydrogen-bond donors (Lipinski definition) is 3. The first-order chi connectivity index (χ1) is 9.27. The molecule has 0 aliphatic carbocycles. The van der Waals surface area contributed by atoms with Crippen LogP contribution in [0.25, 0.3) is 0 Å². The highest BCUT2D eigenvalue weighted by Crippen LogP contribution is 2.23. The number of amides is 1. The summed E-state index contributed by atoms with van der Waals surface area (Å²) < 4.78 is 0. The highest BCUT2D eigenvalue weighted by molar-refractivity contribution is 6.08. The lowest BCUT2D eigenvalue weighted by atomic mass is 9.93. The van der Waals surface area contributed by atoms with E-state index < -0.39 is 5.92 Å². The number of nitrogens with one attached hydrogen (secondary N) is 1. The van der Waals surface area contributed by atoms with Crippen LogP contribution in [0.4, 0.5) is 5.69 Å². The Kier molecular flexibility index (Phi) is 5.13. The molecule has 5 nitrogen and oxygen atoms in total. The number of benzene rings is 1. The number of hydrogen-bond acceptors (Lipinski definition) is 3. The van der Waals surface area contributed by atoms with Crippen molar-refractivity contribution in [3.63, 3.8) is 0 Å². The van der Waals surface area contributed by atoms with Crippen molar-refractivity contribution in [2.24, 2.45) is 22.7 Å². The normalized spacial score (nSPS) is 13.4. The van der Waals surface area contributed by atoms with Gasteiger partial charge in [-0.25, -0.2) is 0 Å². The number of nitrogens with two attached hydrogens (primary N) is 1. The van der Waals surface area contributed by atoms with E-state index in [1.54, 1.807) is 0 Å². The van der Waals surface area contributed by atoms with Crippen molar-refractivity contribution in [2.45, 2.75) is 34.6 Å². The van der Waals surface area contributed by atoms with Gasteiger partial charge in [0.15, 0.2) is 5.84 Å². The third-order valence-electron chi connectivity index (χ3n) is 3.31. The van der Waals surface area contributed by atoms with Gasteiger partial charge < -0.3 is 16.3 Å². The molecule has 1 rings (SSSR count). The lowest BCUT2D eigenvalue weighted by Crippen LogP contribution is -2.38. The molecular formula is C15H23N3O2. The summed E-state index contributed by atoms with van der Waals surface area (Å²) in [5, 5.41) is 14.7. The zero-order valence-electron chi connectivity index (χ0n) is 12.7. The van der Waals surface area contributed by atoms with Crippen molar-refractivity contribution in [3.05, 3.63) is 28.8 Å². The van der Waals surface area contributed by atoms with Gasteiger partial charge >= 0.3 is 0 Å². The van der Waals surface area contributed by atoms with Crippen LogP contribution in [0.15, 0.2) is 17.3 Å². The van der Waals surface area contributed by atoms with Gasteiger partial charge in [-0.2, -0.15) is 0 Å². The molecule has 0 saturated carbocycles. The van der Waals surface area contributed by atoms with E-state index in [0.29, 0.717) is 0 Å². The van der Waals surface area contributed by atoms with E-state index in [1.807, 2.05) is 46.8 Å². The summed E-state index contributed by atoms with van der Waals surface area (Å²) in [7, 11) is 0. The number of aryl methyl sites for hydroxylation is 3. The van der Waals surface area contributed by atoms with Crippen LogP contribution < -0.4 is 11.1 Å². The number of carbonyl (C=O) groups is 1. The molecule has 1 aromatic carbocycles. The van der Waals surface area contributed by atoms with Crippen LogP contribution in [0, 0.1) is 32.6 Å². The molecule has 0 saturated heterocycles. The van der Waals surface area contributed by atoms with Gasteiger partial charge in [0.05, 0.1) is 0 Å². The number of rotatable bonds is 4. The smallest absolute Gasteiger partial charge is 0.235 e. The Morgan fingerprint density at radius 2 is 1.75 bits per heavy atom. The Hall–Kier alpha value is -2.04. The molecule has 0 aliphatic heterocycles. The summed E-state index contributed by atoms with van der Waals surface area (Å²) in [6.07, 6.45) is 0. The van der Waals surface area contributed by atoms with Gasteiger partial charge in [-0.15, -0.1) is 0 Å². The molecule has 1 atom stereocenters. The lowest BCUT2D eigenvalue weighted by molar-refractivity contribution is -0.119. The fourth-order valence-electron chi connectivity index (χ4n) is 2.42. The van der Waals surface area contributed by atoms with Gasteiger partial charge in [-0.1, -0.05) is 36.7 Å². The van der Waals surface area contributed by atoms with Gasteiger partial charge in [0.1, 0.15) is 5.92 Å². The second kappa shape index (κ2) is 6.41. The molecule has 0 fully saturated rings. The highest BCUT2D eigenvalue weighted by Gasteiger charge is 2.27. The average Bonchev–Trinajstić information content (AvgIpc) is 2.33. The molecule has 110 valence electrons. The van der Waals surface area contributed by atoms with Crippen LogP contribution in [0.3, 0.4) is 0 Å². The molecule has 1 aromatic rings. The summed E-state index contributed by atoms with van der Waals surface area (Å²) in [4.78, 5) is 12.4. The Bertz CT molecular complexity index is 513. The van der Waals surface area contributed by atoms with Crippen LogP contribution in [-0.4, -0.2) is 17.0 Å². The van der Waals surface area contributed by atoms with Crippen LogP contribution in [0.5, 0.6) is 0 Å². The molecule has 1 amide bonds. The maximum atomic E-state index is 12.4. The van der Waals surface area contributed by atoms with Gasteiger partial charge in [-0.3, -0.25) is 4.79 Å². The van der Waals surface area contributed by atoms with Crippen molar-refractivity contribution in [1.82, 2.24) is 0 Å². The molecule has 1 unspecified atom stereocenters. The first kappa shape index (κ1) is 16.0. The summed E-state index contributed by atoms with van der Waals surface area (Å²) in [5.74, 6) is -1.04. The van der Waals surface area contributed by atoms with Crippen LogP contribution in [0.2, 0.25) is 0 Å². The summed E-state index contributed by atoms with van der Waals surface area (Å²) in [6, 6.07) is 4.02. The number of carbonyl (C=O) groups excluding carboxylic acids is 1. The van der Waals surface area contributed by atoms with E-state index in [0.717, 1.165) is 22.4 Å². The van der Waals surface area contributed by atoms with Crippen molar-refractivity contribution in [2.75, 3.05) is 5.32 Å². The minimum atomic E-state index is -0.653. The second-order valence-corrected chi connectivity index (χ2v) is 5.51. The van der Waals surface area contributed by atoms with Gasteiger partial charge in [0, 0.05) is 5.69 Å². The minimum absolute atomic E-state index is 0.0584. The first-order valence-electron chi connectivity index (χ1n) is 6.64. The summed E-state index contributed by atoms with van der Waals surface area (Å²) in [5.41, 5.74) is 9.55. The van der Waals surface area contributed by atoms with Crippen LogP contribution in [-0.2, 0) is 4.79 Å². The molecule has 0 heterocycles. The molecule has 20 heavy (non-hydrogen) atoms. The van der Waals surface area contributed by atoms with Gasteiger partial charge in [0.2, 0.25) is 5.91 Å². The quantitative estimate of drug-likeness (QED) is 0.342. The summed E-state index contributed by atoms with van der Waals surface area (Å²) >= 11 is 0. The average molecular weight is 277 g/mol. The van der Waals surface area contributed by atoms with E-state index in [2.05, 4.69) is 10.5 Å². The fraction of sp³-hybridized carbons (Fsp3) is 0.467. The Balaban J connectivity index is 3.06. The second-order valence-electron chi connectivity index (χ2n) is 5.51. The lowest BCUT2D eigenvalue weighted by Gasteiger charge is -2.20. The standard InChI is InChI=1S/C15H23N3O2/c1-8(2)12(14(16)18-20)15(19)17-13-10(4)6-9(3)7-11(13)5/h6-8,12,20H,1-5H3,(H2,16,18)(H,17,19). The predicted molar refractivity (Wildman–Crippen MR) is 81.0 cm³/mol. The molecule has 0 aliphatic rings. The Morgan fingerprint density at radius 1 is 1.25 bits per heavy atom. The van der Waals surface area contributed by atoms with E-state index in [9.17, 15) is 4.79 Å². The van der Waals surface area contributed by atoms with Crippen molar-refractivity contribution in [3.8, 4) is 0 Å². The number of amidine groups is 1. The molecule has 4 N–H and O–H groups in total. The van der Waals surface area contributed by atoms with E-state index in [1.165, 1.54) is 0 Å². The fourth-order valence-corrected chi connectivity index (χ4v) is 2.42. The van der Waals surface area contributed by atoms with Crippen molar-refractivity contribution in [1.29, 1.82) is 0 Å². The van der Waals surface area contributed by atoms with E-state index in [4.69, 9.17) is 10.9 Å². The van der Waals surface area contributed by atoms with Crippen LogP contribution >= 0.6 is 0 Å². The maximum absolute atomic E-state index is 12.4. The molecule has 0 spiro atoms. The third kappa shape index (κ3) is 3.50. The highest BCUT2D eigenvalue weighted by atomic mass is 16.4. The molecule has 5 heteroatoms. The number of nitrogens with zero attached hydrogens (tertiary/aromatic N) is 1. The SMILES string of the molecule is Cc1cc(C)c(NC(=O)C(C(N)=NO)C(C)C)c(C)c1. The summed E-state index contributed by atoms with van der Waals surface area (Å²) in [6.45, 7) is 9.63. The Labute approximate surface area is 119 Å². The zero-order chi connectivity index (χ0) is 15.4. The maximum Gasteiger partial charge on any atom is 0.235 e. The van der Waals surface area contributed by atoms with Crippen LogP contribution in [0.1, 0.15) is 30.5 Å². The Morgan fingerprint density at radius 3 is 2.15 bits per heavy atom. The van der Waals surface area contributed by atoms with Crippen molar-refractivity contribution < 1.29 is 10.0 Å². The van der Waals surface area contributed by atoms with E-state index >= 15 is 0 Å². The monoisotopic (exact) mass is 277 g/mol. The predicted octanol–water partition coefficient (Wildman–Crippen LogP) is 2.57.